The number of fused-ring (bicyclic) bond motifs is 1. The number of amides is 1. The third kappa shape index (κ3) is 4.03. The van der Waals surface area contributed by atoms with Crippen molar-refractivity contribution in [2.24, 2.45) is 0 Å². The van der Waals surface area contributed by atoms with E-state index in [1.807, 2.05) is 19.0 Å². The van der Waals surface area contributed by atoms with E-state index in [1.165, 1.54) is 4.90 Å². The third-order valence-electron chi connectivity index (χ3n) is 5.39. The van der Waals surface area contributed by atoms with Crippen LogP contribution >= 0.6 is 0 Å². The molecule has 1 saturated heterocycles. The van der Waals surface area contributed by atoms with Crippen LogP contribution in [0.2, 0.25) is 0 Å². The molecule has 0 unspecified atom stereocenters. The van der Waals surface area contributed by atoms with Gasteiger partial charge in [0.2, 0.25) is 0 Å². The van der Waals surface area contributed by atoms with Gasteiger partial charge in [-0.3, -0.25) is 9.59 Å². The highest BCUT2D eigenvalue weighted by Crippen LogP contribution is 2.41. The first kappa shape index (κ1) is 21.0. The number of ether oxygens (including phenoxy) is 2. The molecule has 1 N–H and O–H groups in total. The number of Topliss-reactive ketones (excluding diaryl/α,β-unsaturated/α-hetero) is 1. The van der Waals surface area contributed by atoms with Crippen molar-refractivity contribution < 1.29 is 28.6 Å². The normalized spacial score (nSPS) is 20.0. The number of hydrogen-bond donors (Lipinski definition) is 1. The lowest BCUT2D eigenvalue weighted by atomic mass is 9.99. The summed E-state index contributed by atoms with van der Waals surface area (Å²) in [6, 6.07) is 7.67. The lowest BCUT2D eigenvalue weighted by Crippen LogP contribution is -2.32. The molecule has 0 saturated carbocycles. The number of aliphatic hydroxyl groups excluding tert-OH is 1. The highest BCUT2D eigenvalue weighted by atomic mass is 16.6. The van der Waals surface area contributed by atoms with Crippen molar-refractivity contribution in [1.82, 2.24) is 9.80 Å². The van der Waals surface area contributed by atoms with Crippen LogP contribution in [0.1, 0.15) is 29.5 Å². The van der Waals surface area contributed by atoms with Crippen LogP contribution in [0, 0.1) is 6.92 Å². The Kier molecular flexibility index (Phi) is 5.73. The minimum Gasteiger partial charge on any atom is -0.507 e. The van der Waals surface area contributed by atoms with Gasteiger partial charge in [-0.15, -0.1) is 0 Å². The Hall–Kier alpha value is -3.26. The van der Waals surface area contributed by atoms with Gasteiger partial charge in [0.1, 0.15) is 36.5 Å². The van der Waals surface area contributed by atoms with Gasteiger partial charge >= 0.3 is 0 Å². The van der Waals surface area contributed by atoms with Crippen LogP contribution in [0.3, 0.4) is 0 Å². The Bertz CT molecular complexity index is 1040. The molecule has 31 heavy (non-hydrogen) atoms. The second kappa shape index (κ2) is 8.47. The summed E-state index contributed by atoms with van der Waals surface area (Å²) < 4.78 is 16.9. The molecule has 0 aliphatic carbocycles. The van der Waals surface area contributed by atoms with Crippen molar-refractivity contribution in [3.05, 3.63) is 53.0 Å². The first-order valence-corrected chi connectivity index (χ1v) is 10.3. The number of ketones is 1. The zero-order chi connectivity index (χ0) is 22.1. The molecule has 2 aromatic rings. The zero-order valence-corrected chi connectivity index (χ0v) is 17.9. The Morgan fingerprint density at radius 2 is 1.87 bits per heavy atom. The van der Waals surface area contributed by atoms with E-state index in [-0.39, 0.29) is 11.3 Å². The summed E-state index contributed by atoms with van der Waals surface area (Å²) in [6.07, 6.45) is 0.681. The van der Waals surface area contributed by atoms with Gasteiger partial charge in [0, 0.05) is 12.1 Å². The third-order valence-corrected chi connectivity index (χ3v) is 5.39. The van der Waals surface area contributed by atoms with E-state index in [0.29, 0.717) is 54.8 Å². The fourth-order valence-electron chi connectivity index (χ4n) is 3.91. The highest BCUT2D eigenvalue weighted by molar-refractivity contribution is 6.46. The van der Waals surface area contributed by atoms with Gasteiger partial charge in [-0.1, -0.05) is 0 Å². The number of carbonyl (C=O) groups is 2. The van der Waals surface area contributed by atoms with E-state index >= 15 is 0 Å². The summed E-state index contributed by atoms with van der Waals surface area (Å²) in [5.41, 5.74) is 0.393. The maximum absolute atomic E-state index is 13.0. The molecule has 164 valence electrons. The number of aliphatic hydroxyl groups is 1. The second-order valence-electron chi connectivity index (χ2n) is 7.96. The number of benzene rings is 1. The van der Waals surface area contributed by atoms with Gasteiger partial charge < -0.3 is 28.8 Å². The molecule has 1 aromatic heterocycles. The van der Waals surface area contributed by atoms with Gasteiger partial charge in [-0.25, -0.2) is 0 Å². The summed E-state index contributed by atoms with van der Waals surface area (Å²) in [5.74, 6) is 0.539. The van der Waals surface area contributed by atoms with Crippen molar-refractivity contribution in [3.8, 4) is 11.5 Å². The van der Waals surface area contributed by atoms with E-state index in [9.17, 15) is 14.7 Å². The van der Waals surface area contributed by atoms with Crippen molar-refractivity contribution in [2.45, 2.75) is 19.4 Å². The molecule has 3 heterocycles. The molecule has 1 fully saturated rings. The Morgan fingerprint density at radius 1 is 1.13 bits per heavy atom. The molecule has 1 aromatic carbocycles. The molecule has 0 spiro atoms. The maximum atomic E-state index is 13.0. The number of hydrogen-bond acceptors (Lipinski definition) is 7. The number of furan rings is 1. The summed E-state index contributed by atoms with van der Waals surface area (Å²) >= 11 is 0. The fraction of sp³-hybridized carbons (Fsp3) is 0.391. The van der Waals surface area contributed by atoms with Gasteiger partial charge in [-0.05, 0) is 64.3 Å². The van der Waals surface area contributed by atoms with E-state index in [1.54, 1.807) is 37.3 Å². The first-order chi connectivity index (χ1) is 14.9. The standard InChI is InChI=1S/C23H26N2O6/c1-14-5-7-17(31-14)20-19(22(27)23(28)25(20)10-4-9-24(2)3)21(26)15-6-8-16-18(13-15)30-12-11-29-16/h5-8,13,20,26H,4,9-12H2,1-3H3/t20-/m1/s1. The molecule has 4 rings (SSSR count). The molecule has 1 atom stereocenters. The topological polar surface area (TPSA) is 92.4 Å². The Labute approximate surface area is 180 Å². The smallest absolute Gasteiger partial charge is 0.295 e. The van der Waals surface area contributed by atoms with E-state index in [2.05, 4.69) is 0 Å². The molecule has 8 heteroatoms. The average Bonchev–Trinajstić information content (AvgIpc) is 3.28. The van der Waals surface area contributed by atoms with Crippen molar-refractivity contribution in [3.63, 3.8) is 0 Å². The lowest BCUT2D eigenvalue weighted by Gasteiger charge is -2.24. The summed E-state index contributed by atoms with van der Waals surface area (Å²) in [4.78, 5) is 29.4. The van der Waals surface area contributed by atoms with Gasteiger partial charge in [0.25, 0.3) is 11.7 Å². The largest absolute Gasteiger partial charge is 0.507 e. The van der Waals surface area contributed by atoms with Crippen molar-refractivity contribution >= 4 is 17.4 Å². The van der Waals surface area contributed by atoms with Crippen LogP contribution in [0.15, 0.2) is 40.3 Å². The minimum absolute atomic E-state index is 0.0147. The molecule has 0 bridgehead atoms. The van der Waals surface area contributed by atoms with E-state index in [0.717, 1.165) is 6.54 Å². The van der Waals surface area contributed by atoms with Crippen LogP contribution in [-0.2, 0) is 9.59 Å². The molecule has 0 radical (unpaired) electrons. The second-order valence-corrected chi connectivity index (χ2v) is 7.96. The van der Waals surface area contributed by atoms with Crippen LogP contribution in [0.25, 0.3) is 5.76 Å². The number of rotatable bonds is 6. The van der Waals surface area contributed by atoms with Gasteiger partial charge in [0.15, 0.2) is 11.5 Å². The number of carbonyl (C=O) groups excluding carboxylic acids is 2. The molecule has 2 aliphatic rings. The molecular weight excluding hydrogens is 400 g/mol. The van der Waals surface area contributed by atoms with Crippen molar-refractivity contribution in [2.75, 3.05) is 40.4 Å². The molecule has 8 nitrogen and oxygen atoms in total. The Balaban J connectivity index is 1.76. The van der Waals surface area contributed by atoms with E-state index in [4.69, 9.17) is 13.9 Å². The summed E-state index contributed by atoms with van der Waals surface area (Å²) in [7, 11) is 3.90. The highest BCUT2D eigenvalue weighted by Gasteiger charge is 2.47. The van der Waals surface area contributed by atoms with Gasteiger partial charge in [0.05, 0.1) is 5.57 Å². The van der Waals surface area contributed by atoms with Crippen LogP contribution in [0.4, 0.5) is 0 Å². The SMILES string of the molecule is Cc1ccc([C@@H]2C(=C(O)c3ccc4c(c3)OCCO4)C(=O)C(=O)N2CCCN(C)C)o1. The van der Waals surface area contributed by atoms with Crippen molar-refractivity contribution in [1.29, 1.82) is 0 Å². The quantitative estimate of drug-likeness (QED) is 0.431. The number of likely N-dealkylation sites (tertiary alicyclic amines) is 1. The maximum Gasteiger partial charge on any atom is 0.295 e. The van der Waals surface area contributed by atoms with E-state index < -0.39 is 17.7 Å². The fourth-order valence-corrected chi connectivity index (χ4v) is 3.91. The molecule has 1 amide bonds. The van der Waals surface area contributed by atoms with Crippen LogP contribution in [0.5, 0.6) is 11.5 Å². The molecular formula is C23H26N2O6. The van der Waals surface area contributed by atoms with Crippen LogP contribution in [-0.4, -0.2) is 67.0 Å². The summed E-state index contributed by atoms with van der Waals surface area (Å²) in [6.45, 7) is 3.77. The lowest BCUT2D eigenvalue weighted by molar-refractivity contribution is -0.140. The Morgan fingerprint density at radius 3 is 2.55 bits per heavy atom. The number of aryl methyl sites for hydroxylation is 1. The van der Waals surface area contributed by atoms with Crippen LogP contribution < -0.4 is 9.47 Å². The predicted octanol–water partition coefficient (Wildman–Crippen LogP) is 2.73. The first-order valence-electron chi connectivity index (χ1n) is 10.3. The number of nitrogens with zero attached hydrogens (tertiary/aromatic N) is 2. The average molecular weight is 426 g/mol. The minimum atomic E-state index is -0.788. The predicted molar refractivity (Wildman–Crippen MR) is 113 cm³/mol. The zero-order valence-electron chi connectivity index (χ0n) is 17.9. The molecule has 2 aliphatic heterocycles. The van der Waals surface area contributed by atoms with Gasteiger partial charge in [-0.2, -0.15) is 0 Å². The summed E-state index contributed by atoms with van der Waals surface area (Å²) in [5, 5.41) is 11.1. The monoisotopic (exact) mass is 426 g/mol.